The normalized spacial score (nSPS) is 35.9. The first-order chi connectivity index (χ1) is 12.8. The van der Waals surface area contributed by atoms with Gasteiger partial charge < -0.3 is 0 Å². The number of unbranched alkanes of at least 4 members (excludes halogenated alkanes) is 2. The molecule has 0 aromatic rings. The van der Waals surface area contributed by atoms with E-state index in [2.05, 4.69) is 19.9 Å². The highest BCUT2D eigenvalue weighted by atomic mass is 14.4. The third-order valence-electron chi connectivity index (χ3n) is 8.33. The molecule has 0 heterocycles. The van der Waals surface area contributed by atoms with Crippen molar-refractivity contribution >= 4 is 0 Å². The van der Waals surface area contributed by atoms with Crippen molar-refractivity contribution in [2.24, 2.45) is 29.6 Å². The molecule has 0 amide bonds. The first-order valence-corrected chi connectivity index (χ1v) is 12.5. The zero-order valence-corrected chi connectivity index (χ0v) is 18.0. The molecule has 3 aliphatic carbocycles. The molecule has 3 aliphatic rings. The maximum Gasteiger partial charge on any atom is -0.0289 e. The Bertz CT molecular complexity index is 404. The maximum absolute atomic E-state index is 2.60. The minimum atomic E-state index is 1.04. The van der Waals surface area contributed by atoms with Crippen molar-refractivity contribution in [2.75, 3.05) is 0 Å². The summed E-state index contributed by atoms with van der Waals surface area (Å²) in [4.78, 5) is 0. The molecule has 0 nitrogen and oxygen atoms in total. The van der Waals surface area contributed by atoms with Crippen molar-refractivity contribution in [1.29, 1.82) is 0 Å². The molecule has 0 N–H and O–H groups in total. The molecule has 3 rings (SSSR count). The second kappa shape index (κ2) is 10.9. The minimum absolute atomic E-state index is 1.04. The van der Waals surface area contributed by atoms with Gasteiger partial charge in [-0.05, 0) is 100 Å². The van der Waals surface area contributed by atoms with Crippen LogP contribution in [0.5, 0.6) is 0 Å². The molecule has 0 heteroatoms. The Morgan fingerprint density at radius 1 is 0.692 bits per heavy atom. The lowest BCUT2D eigenvalue weighted by atomic mass is 9.65. The zero-order valence-electron chi connectivity index (χ0n) is 18.0. The van der Waals surface area contributed by atoms with E-state index in [1.165, 1.54) is 57.8 Å². The highest BCUT2D eigenvalue weighted by Gasteiger charge is 2.33. The van der Waals surface area contributed by atoms with Crippen LogP contribution < -0.4 is 0 Å². The van der Waals surface area contributed by atoms with Crippen LogP contribution in [0.3, 0.4) is 0 Å². The highest BCUT2D eigenvalue weighted by Crippen LogP contribution is 2.46. The largest absolute Gasteiger partial charge is 0.0853 e. The molecule has 0 aromatic carbocycles. The quantitative estimate of drug-likeness (QED) is 0.300. The molecular weight excluding hydrogens is 312 g/mol. The fourth-order valence-electron chi connectivity index (χ4n) is 6.68. The van der Waals surface area contributed by atoms with E-state index in [0.29, 0.717) is 0 Å². The van der Waals surface area contributed by atoms with Gasteiger partial charge in [0.25, 0.3) is 0 Å². The Morgan fingerprint density at radius 2 is 1.31 bits per heavy atom. The summed E-state index contributed by atoms with van der Waals surface area (Å²) in [6, 6.07) is 0. The Balaban J connectivity index is 1.38. The average molecular weight is 359 g/mol. The summed E-state index contributed by atoms with van der Waals surface area (Å²) < 4.78 is 0. The van der Waals surface area contributed by atoms with Gasteiger partial charge in [-0.1, -0.05) is 64.0 Å². The molecule has 0 radical (unpaired) electrons. The molecule has 26 heavy (non-hydrogen) atoms. The van der Waals surface area contributed by atoms with E-state index in [1.807, 2.05) is 5.57 Å². The van der Waals surface area contributed by atoms with Crippen LogP contribution in [0.25, 0.3) is 0 Å². The summed E-state index contributed by atoms with van der Waals surface area (Å²) in [5.74, 6) is 5.38. The molecule has 0 saturated heterocycles. The van der Waals surface area contributed by atoms with E-state index in [4.69, 9.17) is 0 Å². The maximum atomic E-state index is 2.60. The summed E-state index contributed by atoms with van der Waals surface area (Å²) in [6.07, 6.45) is 27.9. The molecule has 0 aromatic heterocycles. The highest BCUT2D eigenvalue weighted by molar-refractivity contribution is 5.07. The smallest absolute Gasteiger partial charge is 0.0289 e. The third kappa shape index (κ3) is 5.87. The number of rotatable bonds is 8. The van der Waals surface area contributed by atoms with Gasteiger partial charge in [0.05, 0.1) is 0 Å². The van der Waals surface area contributed by atoms with E-state index in [0.717, 1.165) is 29.6 Å². The van der Waals surface area contributed by atoms with E-state index in [1.54, 1.807) is 51.4 Å². The number of hydrogen-bond acceptors (Lipinski definition) is 0. The second-order valence-electron chi connectivity index (χ2n) is 10.1. The van der Waals surface area contributed by atoms with E-state index in [-0.39, 0.29) is 0 Å². The van der Waals surface area contributed by atoms with Crippen molar-refractivity contribution in [1.82, 2.24) is 0 Å². The Hall–Kier alpha value is -0.260. The number of hydrogen-bond donors (Lipinski definition) is 0. The van der Waals surface area contributed by atoms with Crippen LogP contribution in [-0.2, 0) is 0 Å². The monoisotopic (exact) mass is 358 g/mol. The van der Waals surface area contributed by atoms with Crippen molar-refractivity contribution in [3.63, 3.8) is 0 Å². The fraction of sp³-hybridized carbons (Fsp3) is 0.923. The van der Waals surface area contributed by atoms with E-state index >= 15 is 0 Å². The van der Waals surface area contributed by atoms with Gasteiger partial charge in [-0.3, -0.25) is 0 Å². The van der Waals surface area contributed by atoms with Gasteiger partial charge in [-0.15, -0.1) is 0 Å². The second-order valence-corrected chi connectivity index (χ2v) is 10.1. The lowest BCUT2D eigenvalue weighted by molar-refractivity contribution is 0.119. The van der Waals surface area contributed by atoms with Gasteiger partial charge in [0.15, 0.2) is 0 Å². The van der Waals surface area contributed by atoms with Crippen LogP contribution in [0.1, 0.15) is 123 Å². The molecule has 150 valence electrons. The van der Waals surface area contributed by atoms with Gasteiger partial charge in [-0.2, -0.15) is 0 Å². The van der Waals surface area contributed by atoms with Gasteiger partial charge in [0.1, 0.15) is 0 Å². The van der Waals surface area contributed by atoms with Crippen LogP contribution in [0, 0.1) is 29.6 Å². The topological polar surface area (TPSA) is 0 Å². The average Bonchev–Trinajstić information content (AvgIpc) is 2.70. The molecule has 0 bridgehead atoms. The zero-order chi connectivity index (χ0) is 18.2. The standard InChI is InChI=1S/C26H46/c1-3-5-6-9-22-10-7-11-26(20-22)25-18-16-24(17-19-25)23-14-12-21(8-4-2)13-15-23/h10,21,23-26H,3-9,11-20H2,1-2H3/t21-,23-,24?,25?,26?. The number of allylic oxidation sites excluding steroid dienone is 2. The van der Waals surface area contributed by atoms with Crippen LogP contribution in [0.15, 0.2) is 11.6 Å². The molecule has 1 unspecified atom stereocenters. The molecule has 1 atom stereocenters. The lowest BCUT2D eigenvalue weighted by Crippen LogP contribution is -2.29. The lowest BCUT2D eigenvalue weighted by Gasteiger charge is -2.40. The summed E-state index contributed by atoms with van der Waals surface area (Å²) in [7, 11) is 0. The van der Waals surface area contributed by atoms with Gasteiger partial charge in [-0.25, -0.2) is 0 Å². The minimum Gasteiger partial charge on any atom is -0.0853 e. The SMILES string of the molecule is CCCCCC1=CCCC(C2CCC([C@H]3CC[C@H](CCC)CC3)CC2)C1. The fourth-order valence-corrected chi connectivity index (χ4v) is 6.68. The van der Waals surface area contributed by atoms with Crippen LogP contribution >= 0.6 is 0 Å². The Kier molecular flexibility index (Phi) is 8.60. The summed E-state index contributed by atoms with van der Waals surface area (Å²) in [6.45, 7) is 4.69. The van der Waals surface area contributed by atoms with Crippen LogP contribution in [0.4, 0.5) is 0 Å². The van der Waals surface area contributed by atoms with Crippen molar-refractivity contribution in [3.05, 3.63) is 11.6 Å². The summed E-state index contributed by atoms with van der Waals surface area (Å²) in [5.41, 5.74) is 1.83. The van der Waals surface area contributed by atoms with Crippen molar-refractivity contribution in [3.8, 4) is 0 Å². The first-order valence-electron chi connectivity index (χ1n) is 12.5. The summed E-state index contributed by atoms with van der Waals surface area (Å²) >= 11 is 0. The van der Waals surface area contributed by atoms with E-state index < -0.39 is 0 Å². The predicted octanol–water partition coefficient (Wildman–Crippen LogP) is 8.71. The molecule has 0 aliphatic heterocycles. The van der Waals surface area contributed by atoms with Crippen LogP contribution in [-0.4, -0.2) is 0 Å². The molecule has 2 fully saturated rings. The van der Waals surface area contributed by atoms with E-state index in [9.17, 15) is 0 Å². The van der Waals surface area contributed by atoms with Crippen LogP contribution in [0.2, 0.25) is 0 Å². The third-order valence-corrected chi connectivity index (χ3v) is 8.33. The van der Waals surface area contributed by atoms with Gasteiger partial charge >= 0.3 is 0 Å². The van der Waals surface area contributed by atoms with Gasteiger partial charge in [0.2, 0.25) is 0 Å². The summed E-state index contributed by atoms with van der Waals surface area (Å²) in [5, 5.41) is 0. The van der Waals surface area contributed by atoms with Crippen molar-refractivity contribution in [2.45, 2.75) is 123 Å². The molecule has 0 spiro atoms. The van der Waals surface area contributed by atoms with Gasteiger partial charge in [0, 0.05) is 0 Å². The molecule has 2 saturated carbocycles. The molecular formula is C26H46. The Morgan fingerprint density at radius 3 is 1.92 bits per heavy atom. The Labute approximate surface area is 164 Å². The van der Waals surface area contributed by atoms with Crippen molar-refractivity contribution < 1.29 is 0 Å². The first kappa shape index (κ1) is 20.5. The predicted molar refractivity (Wildman–Crippen MR) is 115 cm³/mol.